The fourth-order valence-electron chi connectivity index (χ4n) is 2.95. The summed E-state index contributed by atoms with van der Waals surface area (Å²) in [6, 6.07) is 5.69. The minimum atomic E-state index is -4.51. The van der Waals surface area contributed by atoms with Crippen LogP contribution in [0.2, 0.25) is 10.4 Å². The first kappa shape index (κ1) is 22.1. The van der Waals surface area contributed by atoms with E-state index in [1.165, 1.54) is 28.9 Å². The van der Waals surface area contributed by atoms with Crippen molar-refractivity contribution in [3.05, 3.63) is 57.6 Å². The Kier molecular flexibility index (Phi) is 6.39. The van der Waals surface area contributed by atoms with Gasteiger partial charge < -0.3 is 15.5 Å². The van der Waals surface area contributed by atoms with Gasteiger partial charge in [-0.05, 0) is 29.7 Å². The Bertz CT molecular complexity index is 1050. The number of benzene rings is 1. The van der Waals surface area contributed by atoms with Crippen molar-refractivity contribution in [2.75, 3.05) is 6.54 Å². The van der Waals surface area contributed by atoms with Gasteiger partial charge >= 0.3 is 6.18 Å². The Morgan fingerprint density at radius 2 is 2.03 bits per heavy atom. The van der Waals surface area contributed by atoms with E-state index in [1.54, 1.807) is 7.05 Å². The first-order chi connectivity index (χ1) is 14.1. The van der Waals surface area contributed by atoms with Crippen LogP contribution in [0.15, 0.2) is 34.7 Å². The summed E-state index contributed by atoms with van der Waals surface area (Å²) in [6.07, 6.45) is -4.63. The molecular formula is C18H16Cl2F3N5O2. The van der Waals surface area contributed by atoms with Crippen molar-refractivity contribution in [3.8, 4) is 11.3 Å². The van der Waals surface area contributed by atoms with Gasteiger partial charge in [-0.3, -0.25) is 4.79 Å². The summed E-state index contributed by atoms with van der Waals surface area (Å²) in [7, 11) is 1.58. The third-order valence-corrected chi connectivity index (χ3v) is 4.90. The number of amides is 1. The second-order valence-corrected chi connectivity index (χ2v) is 7.12. The van der Waals surface area contributed by atoms with Gasteiger partial charge in [0.1, 0.15) is 5.69 Å². The lowest BCUT2D eigenvalue weighted by atomic mass is 9.99. The molecule has 0 aliphatic rings. The highest BCUT2D eigenvalue weighted by Gasteiger charge is 2.33. The molecule has 0 bridgehead atoms. The van der Waals surface area contributed by atoms with Crippen molar-refractivity contribution in [3.63, 3.8) is 0 Å². The Labute approximate surface area is 178 Å². The van der Waals surface area contributed by atoms with Gasteiger partial charge in [0.2, 0.25) is 5.22 Å². The predicted molar refractivity (Wildman–Crippen MR) is 104 cm³/mol. The largest absolute Gasteiger partial charge is 0.439 e. The SMILES string of the molecule is Cn1nnc(Cl)c1-c1cc(C(=O)N[C@H](CN)Cc2ccccc2C(F)(F)F)oc1Cl. The van der Waals surface area contributed by atoms with Gasteiger partial charge in [-0.2, -0.15) is 13.2 Å². The molecule has 3 aromatic rings. The van der Waals surface area contributed by atoms with Crippen LogP contribution in [0.5, 0.6) is 0 Å². The molecule has 2 heterocycles. The molecular weight excluding hydrogens is 446 g/mol. The van der Waals surface area contributed by atoms with E-state index in [9.17, 15) is 18.0 Å². The second-order valence-electron chi connectivity index (χ2n) is 6.42. The van der Waals surface area contributed by atoms with Crippen LogP contribution in [0.25, 0.3) is 11.3 Å². The standard InChI is InChI=1S/C18H16Cl2F3N5O2/c1-28-14(15(19)26-27-28)11-7-13(30-16(11)20)17(29)25-10(8-24)6-9-4-2-3-5-12(9)18(21,22)23/h2-5,7,10H,6,8,24H2,1H3,(H,25,29)/t10-/m0/s1. The zero-order valence-corrected chi connectivity index (χ0v) is 17.0. The van der Waals surface area contributed by atoms with E-state index in [0.717, 1.165) is 6.07 Å². The number of hydrogen-bond acceptors (Lipinski definition) is 5. The van der Waals surface area contributed by atoms with Crippen LogP contribution < -0.4 is 11.1 Å². The molecule has 1 atom stereocenters. The van der Waals surface area contributed by atoms with Gasteiger partial charge in [0, 0.05) is 25.7 Å². The summed E-state index contributed by atoms with van der Waals surface area (Å²) in [5.41, 5.74) is 5.55. The number of furan rings is 1. The molecule has 3 N–H and O–H groups in total. The van der Waals surface area contributed by atoms with Gasteiger partial charge in [-0.1, -0.05) is 35.0 Å². The first-order valence-corrected chi connectivity index (χ1v) is 9.38. The summed E-state index contributed by atoms with van der Waals surface area (Å²) in [4.78, 5) is 12.6. The topological polar surface area (TPSA) is 99.0 Å². The Hall–Kier alpha value is -2.56. The van der Waals surface area contributed by atoms with Crippen molar-refractivity contribution < 1.29 is 22.4 Å². The molecule has 0 saturated heterocycles. The lowest BCUT2D eigenvalue weighted by molar-refractivity contribution is -0.138. The van der Waals surface area contributed by atoms with E-state index in [1.807, 2.05) is 0 Å². The number of hydrogen-bond donors (Lipinski definition) is 2. The molecule has 0 radical (unpaired) electrons. The normalized spacial score (nSPS) is 12.8. The third kappa shape index (κ3) is 4.61. The van der Waals surface area contributed by atoms with Crippen molar-refractivity contribution in [1.82, 2.24) is 20.3 Å². The smallest absolute Gasteiger partial charge is 0.416 e. The van der Waals surface area contributed by atoms with Crippen LogP contribution in [0.1, 0.15) is 21.7 Å². The number of carbonyl (C=O) groups excluding carboxylic acids is 1. The number of aromatic nitrogens is 3. The molecule has 3 rings (SSSR count). The summed E-state index contributed by atoms with van der Waals surface area (Å²) < 4.78 is 46.3. The molecule has 7 nitrogen and oxygen atoms in total. The van der Waals surface area contributed by atoms with Crippen LogP contribution in [0.3, 0.4) is 0 Å². The number of nitrogens with two attached hydrogens (primary N) is 1. The minimum absolute atomic E-state index is 0.0201. The number of rotatable bonds is 6. The van der Waals surface area contributed by atoms with E-state index >= 15 is 0 Å². The average Bonchev–Trinajstić information content (AvgIpc) is 3.22. The van der Waals surface area contributed by atoms with Crippen molar-refractivity contribution in [2.45, 2.75) is 18.6 Å². The summed E-state index contributed by atoms with van der Waals surface area (Å²) >= 11 is 12.1. The molecule has 0 aliphatic heterocycles. The maximum Gasteiger partial charge on any atom is 0.416 e. The van der Waals surface area contributed by atoms with E-state index in [-0.39, 0.29) is 34.7 Å². The summed E-state index contributed by atoms with van der Waals surface area (Å²) in [5, 5.41) is 9.97. The van der Waals surface area contributed by atoms with Gasteiger partial charge in [0.25, 0.3) is 5.91 Å². The van der Waals surface area contributed by atoms with Crippen molar-refractivity contribution >= 4 is 29.1 Å². The zero-order chi connectivity index (χ0) is 22.1. The van der Waals surface area contributed by atoms with Gasteiger partial charge in [-0.15, -0.1) is 5.10 Å². The minimum Gasteiger partial charge on any atom is -0.439 e. The maximum atomic E-state index is 13.2. The Morgan fingerprint density at radius 3 is 2.63 bits per heavy atom. The molecule has 0 unspecified atom stereocenters. The molecule has 0 fully saturated rings. The summed E-state index contributed by atoms with van der Waals surface area (Å²) in [6.45, 7) is -0.0866. The zero-order valence-electron chi connectivity index (χ0n) is 15.5. The van der Waals surface area contributed by atoms with Crippen molar-refractivity contribution in [2.24, 2.45) is 12.8 Å². The number of alkyl halides is 3. The molecule has 1 aromatic carbocycles. The highest BCUT2D eigenvalue weighted by atomic mass is 35.5. The van der Waals surface area contributed by atoms with E-state index < -0.39 is 23.7 Å². The number of carbonyl (C=O) groups is 1. The van der Waals surface area contributed by atoms with Gasteiger partial charge in [0.05, 0.1) is 11.1 Å². The molecule has 2 aromatic heterocycles. The fraction of sp³-hybridized carbons (Fsp3) is 0.278. The van der Waals surface area contributed by atoms with Crippen LogP contribution in [0, 0.1) is 0 Å². The maximum absolute atomic E-state index is 13.2. The van der Waals surface area contributed by atoms with E-state index in [2.05, 4.69) is 15.6 Å². The quantitative estimate of drug-likeness (QED) is 0.582. The molecule has 30 heavy (non-hydrogen) atoms. The molecule has 12 heteroatoms. The average molecular weight is 462 g/mol. The lowest BCUT2D eigenvalue weighted by Gasteiger charge is -2.19. The van der Waals surface area contributed by atoms with E-state index in [4.69, 9.17) is 33.4 Å². The van der Waals surface area contributed by atoms with Crippen LogP contribution in [0.4, 0.5) is 13.2 Å². The van der Waals surface area contributed by atoms with Crippen molar-refractivity contribution in [1.29, 1.82) is 0 Å². The fourth-order valence-corrected chi connectivity index (χ4v) is 3.43. The van der Waals surface area contributed by atoms with Crippen LogP contribution in [-0.2, 0) is 19.6 Å². The van der Waals surface area contributed by atoms with Crippen LogP contribution in [-0.4, -0.2) is 33.5 Å². The first-order valence-electron chi connectivity index (χ1n) is 8.62. The molecule has 0 spiro atoms. The molecule has 160 valence electrons. The number of nitrogens with zero attached hydrogens (tertiary/aromatic N) is 3. The number of aryl methyl sites for hydroxylation is 1. The molecule has 0 aliphatic carbocycles. The van der Waals surface area contributed by atoms with Gasteiger partial charge in [0.15, 0.2) is 10.9 Å². The van der Waals surface area contributed by atoms with E-state index in [0.29, 0.717) is 11.3 Å². The highest BCUT2D eigenvalue weighted by molar-refractivity contribution is 6.34. The monoisotopic (exact) mass is 461 g/mol. The molecule has 1 amide bonds. The summed E-state index contributed by atoms with van der Waals surface area (Å²) in [5.74, 6) is -0.843. The predicted octanol–water partition coefficient (Wildman–Crippen LogP) is 3.70. The molecule has 0 saturated carbocycles. The lowest BCUT2D eigenvalue weighted by Crippen LogP contribution is -2.42. The Balaban J connectivity index is 1.80. The highest BCUT2D eigenvalue weighted by Crippen LogP contribution is 2.35. The van der Waals surface area contributed by atoms with Gasteiger partial charge in [-0.25, -0.2) is 4.68 Å². The number of halogens is 5. The number of nitrogens with one attached hydrogen (secondary N) is 1. The third-order valence-electron chi connectivity index (χ3n) is 4.36. The van der Waals surface area contributed by atoms with Crippen LogP contribution >= 0.6 is 23.2 Å². The second kappa shape index (κ2) is 8.66. The Morgan fingerprint density at radius 1 is 1.33 bits per heavy atom.